The summed E-state index contributed by atoms with van der Waals surface area (Å²) >= 11 is 0. The Kier molecular flexibility index (Phi) is 3.75. The van der Waals surface area contributed by atoms with Gasteiger partial charge in [-0.3, -0.25) is 4.79 Å². The molecule has 2 heterocycles. The molecule has 1 fully saturated rings. The van der Waals surface area contributed by atoms with Crippen LogP contribution in [0, 0.1) is 6.92 Å². The summed E-state index contributed by atoms with van der Waals surface area (Å²) in [5.74, 6) is 0.206. The second-order valence-electron chi connectivity index (χ2n) is 6.11. The van der Waals surface area contributed by atoms with Gasteiger partial charge in [0.25, 0.3) is 5.91 Å². The van der Waals surface area contributed by atoms with E-state index in [1.165, 1.54) is 11.8 Å². The summed E-state index contributed by atoms with van der Waals surface area (Å²) in [7, 11) is 2.01. The van der Waals surface area contributed by atoms with Crippen LogP contribution >= 0.6 is 0 Å². The van der Waals surface area contributed by atoms with E-state index in [9.17, 15) is 4.79 Å². The minimum absolute atomic E-state index is 0.206. The number of nitrogens with zero attached hydrogens (tertiary/aromatic N) is 2. The van der Waals surface area contributed by atoms with E-state index in [1.54, 1.807) is 0 Å². The maximum Gasteiger partial charge on any atom is 0.271 e. The molecule has 3 nitrogen and oxygen atoms in total. The maximum atomic E-state index is 13.1. The van der Waals surface area contributed by atoms with E-state index in [-0.39, 0.29) is 5.91 Å². The van der Waals surface area contributed by atoms with Crippen molar-refractivity contribution >= 4 is 16.8 Å². The number of carbonyl (C=O) groups is 1. The van der Waals surface area contributed by atoms with Gasteiger partial charge in [0, 0.05) is 30.5 Å². The van der Waals surface area contributed by atoms with Gasteiger partial charge in [0.15, 0.2) is 0 Å². The minimum atomic E-state index is 0.206. The predicted molar refractivity (Wildman–Crippen MR) is 86.6 cm³/mol. The third-order valence-corrected chi connectivity index (χ3v) is 4.92. The topological polar surface area (TPSA) is 25.2 Å². The zero-order chi connectivity index (χ0) is 15.0. The lowest BCUT2D eigenvalue weighted by atomic mass is 9.99. The number of aromatic nitrogens is 1. The quantitative estimate of drug-likeness (QED) is 0.821. The molecule has 3 heteroatoms. The van der Waals surface area contributed by atoms with Crippen molar-refractivity contribution in [3.8, 4) is 0 Å². The monoisotopic (exact) mass is 284 g/mol. The van der Waals surface area contributed by atoms with Crippen molar-refractivity contribution in [1.82, 2.24) is 9.47 Å². The first-order valence-corrected chi connectivity index (χ1v) is 8.00. The fourth-order valence-corrected chi connectivity index (χ4v) is 3.72. The number of likely N-dealkylation sites (tertiary alicyclic amines) is 1. The number of hydrogen-bond acceptors (Lipinski definition) is 1. The molecule has 2 aromatic rings. The Balaban J connectivity index is 2.05. The van der Waals surface area contributed by atoms with Gasteiger partial charge in [0.05, 0.1) is 0 Å². The van der Waals surface area contributed by atoms with Gasteiger partial charge in [0.1, 0.15) is 5.69 Å². The zero-order valence-electron chi connectivity index (χ0n) is 13.2. The summed E-state index contributed by atoms with van der Waals surface area (Å²) < 4.78 is 2.06. The van der Waals surface area contributed by atoms with Crippen molar-refractivity contribution in [2.75, 3.05) is 6.54 Å². The Morgan fingerprint density at radius 2 is 2.05 bits per heavy atom. The van der Waals surface area contributed by atoms with E-state index < -0.39 is 0 Å². The number of rotatable bonds is 2. The molecule has 1 amide bonds. The van der Waals surface area contributed by atoms with Crippen molar-refractivity contribution in [3.05, 3.63) is 35.5 Å². The van der Waals surface area contributed by atoms with E-state index in [2.05, 4.69) is 35.4 Å². The first kappa shape index (κ1) is 14.2. The fourth-order valence-electron chi connectivity index (χ4n) is 3.72. The number of carbonyl (C=O) groups excluding carboxylic acids is 1. The summed E-state index contributed by atoms with van der Waals surface area (Å²) in [6.45, 7) is 5.16. The highest BCUT2D eigenvalue weighted by molar-refractivity contribution is 6.01. The number of fused-ring (bicyclic) bond motifs is 1. The van der Waals surface area contributed by atoms with Gasteiger partial charge in [0.2, 0.25) is 0 Å². The highest BCUT2D eigenvalue weighted by Crippen LogP contribution is 2.28. The average Bonchev–Trinajstić information content (AvgIpc) is 2.78. The summed E-state index contributed by atoms with van der Waals surface area (Å²) in [6.07, 6.45) is 4.57. The standard InChI is InChI=1S/C18H24N2O/c1-4-14-9-7-8-12-20(14)18(21)17-13(2)15-10-5-6-11-16(15)19(17)3/h5-6,10-11,14H,4,7-9,12H2,1-3H3. The van der Waals surface area contributed by atoms with Crippen molar-refractivity contribution in [3.63, 3.8) is 0 Å². The van der Waals surface area contributed by atoms with E-state index in [4.69, 9.17) is 0 Å². The van der Waals surface area contributed by atoms with Crippen LogP contribution in [-0.2, 0) is 7.05 Å². The highest BCUT2D eigenvalue weighted by Gasteiger charge is 2.29. The smallest absolute Gasteiger partial charge is 0.271 e. The molecule has 1 atom stereocenters. The summed E-state index contributed by atoms with van der Waals surface area (Å²) in [5.41, 5.74) is 3.11. The van der Waals surface area contributed by atoms with Crippen LogP contribution in [0.3, 0.4) is 0 Å². The molecule has 0 N–H and O–H groups in total. The molecule has 0 spiro atoms. The molecule has 112 valence electrons. The minimum Gasteiger partial charge on any atom is -0.339 e. The van der Waals surface area contributed by atoms with E-state index in [0.29, 0.717) is 6.04 Å². The van der Waals surface area contributed by atoms with Gasteiger partial charge in [-0.2, -0.15) is 0 Å². The molecule has 21 heavy (non-hydrogen) atoms. The Bertz CT molecular complexity index is 632. The van der Waals surface area contributed by atoms with Crippen LogP contribution < -0.4 is 0 Å². The van der Waals surface area contributed by atoms with Gasteiger partial charge < -0.3 is 9.47 Å². The Morgan fingerprint density at radius 3 is 2.76 bits per heavy atom. The SMILES string of the molecule is CCC1CCCCN1C(=O)c1c(C)c2ccccc2n1C. The lowest BCUT2D eigenvalue weighted by molar-refractivity contribution is 0.0598. The predicted octanol–water partition coefficient (Wildman–Crippen LogP) is 3.89. The molecule has 1 aromatic carbocycles. The largest absolute Gasteiger partial charge is 0.339 e. The molecular weight excluding hydrogens is 260 g/mol. The van der Waals surface area contributed by atoms with Crippen LogP contribution in [0.2, 0.25) is 0 Å². The molecule has 1 aliphatic heterocycles. The van der Waals surface area contributed by atoms with E-state index in [0.717, 1.165) is 42.6 Å². The third-order valence-electron chi connectivity index (χ3n) is 4.92. The van der Waals surface area contributed by atoms with Crippen molar-refractivity contribution < 1.29 is 4.79 Å². The lowest BCUT2D eigenvalue weighted by Gasteiger charge is -2.35. The zero-order valence-corrected chi connectivity index (χ0v) is 13.2. The molecule has 1 aromatic heterocycles. The number of amides is 1. The van der Waals surface area contributed by atoms with Crippen LogP contribution in [0.1, 0.15) is 48.7 Å². The molecule has 3 rings (SSSR count). The third kappa shape index (κ3) is 2.25. The Hall–Kier alpha value is -1.77. The molecule has 0 bridgehead atoms. The Morgan fingerprint density at radius 1 is 1.29 bits per heavy atom. The second kappa shape index (κ2) is 5.55. The number of para-hydroxylation sites is 1. The Labute approximate surface area is 126 Å². The molecular formula is C18H24N2O. The molecule has 0 saturated carbocycles. The molecule has 1 aliphatic rings. The van der Waals surface area contributed by atoms with Crippen molar-refractivity contribution in [1.29, 1.82) is 0 Å². The first-order valence-electron chi connectivity index (χ1n) is 8.00. The van der Waals surface area contributed by atoms with Gasteiger partial charge in [-0.15, -0.1) is 0 Å². The molecule has 0 aliphatic carbocycles. The van der Waals surface area contributed by atoms with Gasteiger partial charge in [-0.1, -0.05) is 25.1 Å². The normalized spacial score (nSPS) is 19.2. The average molecular weight is 284 g/mol. The van der Waals surface area contributed by atoms with Gasteiger partial charge in [-0.25, -0.2) is 0 Å². The van der Waals surface area contributed by atoms with Crippen LogP contribution in [0.15, 0.2) is 24.3 Å². The highest BCUT2D eigenvalue weighted by atomic mass is 16.2. The van der Waals surface area contributed by atoms with Crippen LogP contribution in [-0.4, -0.2) is 28.0 Å². The number of aryl methyl sites for hydroxylation is 2. The fraction of sp³-hybridized carbons (Fsp3) is 0.500. The maximum absolute atomic E-state index is 13.1. The van der Waals surface area contributed by atoms with Crippen molar-refractivity contribution in [2.45, 2.75) is 45.6 Å². The van der Waals surface area contributed by atoms with Crippen LogP contribution in [0.5, 0.6) is 0 Å². The summed E-state index contributed by atoms with van der Waals surface area (Å²) in [4.78, 5) is 15.2. The van der Waals surface area contributed by atoms with Gasteiger partial charge in [-0.05, 0) is 44.2 Å². The molecule has 1 saturated heterocycles. The molecule has 0 radical (unpaired) electrons. The van der Waals surface area contributed by atoms with Crippen LogP contribution in [0.25, 0.3) is 10.9 Å². The van der Waals surface area contributed by atoms with Gasteiger partial charge >= 0.3 is 0 Å². The number of benzene rings is 1. The van der Waals surface area contributed by atoms with Crippen molar-refractivity contribution in [2.24, 2.45) is 7.05 Å². The number of hydrogen-bond donors (Lipinski definition) is 0. The van der Waals surface area contributed by atoms with E-state index >= 15 is 0 Å². The lowest BCUT2D eigenvalue weighted by Crippen LogP contribution is -2.44. The second-order valence-corrected chi connectivity index (χ2v) is 6.11. The summed E-state index contributed by atoms with van der Waals surface area (Å²) in [6, 6.07) is 8.68. The molecule has 1 unspecified atom stereocenters. The van der Waals surface area contributed by atoms with Crippen LogP contribution in [0.4, 0.5) is 0 Å². The first-order chi connectivity index (χ1) is 10.1. The van der Waals surface area contributed by atoms with E-state index in [1.807, 2.05) is 19.2 Å². The number of piperidine rings is 1. The summed E-state index contributed by atoms with van der Waals surface area (Å²) in [5, 5.41) is 1.19.